The van der Waals surface area contributed by atoms with Gasteiger partial charge in [0.2, 0.25) is 0 Å². The number of pyridine rings is 1. The maximum absolute atomic E-state index is 11.7. The van der Waals surface area contributed by atoms with Gasteiger partial charge in [-0.05, 0) is 52.3 Å². The molecule has 31 heavy (non-hydrogen) atoms. The number of phenols is 1. The van der Waals surface area contributed by atoms with Gasteiger partial charge >= 0.3 is 0 Å². The fourth-order valence-corrected chi connectivity index (χ4v) is 3.92. The van der Waals surface area contributed by atoms with Gasteiger partial charge in [-0.2, -0.15) is 5.10 Å². The van der Waals surface area contributed by atoms with E-state index in [1.807, 2.05) is 13.2 Å². The number of nitrogens with one attached hydrogen (secondary N) is 2. The van der Waals surface area contributed by atoms with Gasteiger partial charge < -0.3 is 15.4 Å². The number of fused-ring (bicyclic) bond motifs is 2. The van der Waals surface area contributed by atoms with Crippen molar-refractivity contribution in [3.63, 3.8) is 0 Å². The summed E-state index contributed by atoms with van der Waals surface area (Å²) < 4.78 is 1.70. The molecule has 0 bridgehead atoms. The molecule has 0 saturated carbocycles. The van der Waals surface area contributed by atoms with Gasteiger partial charge in [0.05, 0.1) is 22.0 Å². The molecular formula is C23H28N6O2. The summed E-state index contributed by atoms with van der Waals surface area (Å²) in [6, 6.07) is 3.51. The summed E-state index contributed by atoms with van der Waals surface area (Å²) >= 11 is 0. The molecule has 0 radical (unpaired) electrons. The van der Waals surface area contributed by atoms with Gasteiger partial charge in [0, 0.05) is 42.1 Å². The average molecular weight is 421 g/mol. The van der Waals surface area contributed by atoms with Crippen LogP contribution in [0, 0.1) is 6.92 Å². The third-order valence-electron chi connectivity index (χ3n) is 5.71. The highest BCUT2D eigenvalue weighted by Gasteiger charge is 2.19. The Bertz CT molecular complexity index is 1300. The Labute approximate surface area is 180 Å². The van der Waals surface area contributed by atoms with Crippen molar-refractivity contribution in [3.8, 4) is 17.1 Å². The van der Waals surface area contributed by atoms with Crippen LogP contribution in [0.4, 0.5) is 0 Å². The second-order valence-electron chi connectivity index (χ2n) is 8.71. The maximum Gasteiger partial charge on any atom is 0.258 e. The van der Waals surface area contributed by atoms with Crippen molar-refractivity contribution in [2.75, 3.05) is 6.54 Å². The minimum atomic E-state index is -0.239. The number of aromatic hydroxyl groups is 1. The number of nitrogens with zero attached hydrogens (tertiary/aromatic N) is 4. The average Bonchev–Trinajstić information content (AvgIpc) is 3.11. The first kappa shape index (κ1) is 21.0. The van der Waals surface area contributed by atoms with Crippen molar-refractivity contribution < 1.29 is 5.11 Å². The Hall–Kier alpha value is -3.26. The van der Waals surface area contributed by atoms with E-state index in [9.17, 15) is 9.90 Å². The number of piperidine rings is 1. The van der Waals surface area contributed by atoms with E-state index in [0.29, 0.717) is 33.4 Å². The topological polar surface area (TPSA) is 109 Å². The van der Waals surface area contributed by atoms with Crippen LogP contribution in [0.2, 0.25) is 0 Å². The third kappa shape index (κ3) is 4.29. The maximum atomic E-state index is 11.7. The zero-order valence-corrected chi connectivity index (χ0v) is 18.4. The van der Waals surface area contributed by atoms with E-state index in [2.05, 4.69) is 39.2 Å². The van der Waals surface area contributed by atoms with E-state index in [4.69, 9.17) is 0 Å². The molecule has 1 aromatic carbocycles. The number of rotatable bonds is 1. The molecule has 1 aliphatic rings. The fourth-order valence-electron chi connectivity index (χ4n) is 3.92. The van der Waals surface area contributed by atoms with E-state index >= 15 is 0 Å². The summed E-state index contributed by atoms with van der Waals surface area (Å²) in [4.78, 5) is 23.0. The number of aryl methyl sites for hydroxylation is 2. The molecule has 1 saturated heterocycles. The summed E-state index contributed by atoms with van der Waals surface area (Å²) in [7, 11) is 1.83. The van der Waals surface area contributed by atoms with Gasteiger partial charge in [0.25, 0.3) is 5.56 Å². The number of benzene rings is 1. The van der Waals surface area contributed by atoms with Gasteiger partial charge in [-0.25, -0.2) is 9.97 Å². The van der Waals surface area contributed by atoms with Gasteiger partial charge in [0.1, 0.15) is 5.75 Å². The standard InChI is InChI=1S/C16H13N5O2.C7H15N/c1-8-13-9(7-21(2)20-13)5-10(14(8)22)15-18-6-11-12(19-15)3-4-17-16(11)23;1-7(2)5-3-4-6-8-7/h3-7,22H,1-2H3,(H,17,23);8H,3-6H2,1-2H3. The van der Waals surface area contributed by atoms with E-state index in [1.165, 1.54) is 38.2 Å². The van der Waals surface area contributed by atoms with Crippen LogP contribution in [0.15, 0.2) is 35.5 Å². The molecule has 162 valence electrons. The van der Waals surface area contributed by atoms with Crippen LogP contribution >= 0.6 is 0 Å². The predicted molar refractivity (Wildman–Crippen MR) is 122 cm³/mol. The largest absolute Gasteiger partial charge is 0.507 e. The van der Waals surface area contributed by atoms with Gasteiger partial charge in [0.15, 0.2) is 5.82 Å². The lowest BCUT2D eigenvalue weighted by atomic mass is 9.93. The highest BCUT2D eigenvalue weighted by atomic mass is 16.3. The molecule has 0 unspecified atom stereocenters. The molecule has 0 amide bonds. The van der Waals surface area contributed by atoms with Crippen molar-refractivity contribution >= 4 is 21.8 Å². The second kappa shape index (κ2) is 8.11. The minimum Gasteiger partial charge on any atom is -0.507 e. The van der Waals surface area contributed by atoms with Crippen LogP contribution in [0.25, 0.3) is 33.2 Å². The molecule has 1 aliphatic heterocycles. The number of hydrogen-bond donors (Lipinski definition) is 3. The molecule has 0 atom stereocenters. The Morgan fingerprint density at radius 2 is 2.06 bits per heavy atom. The molecule has 8 nitrogen and oxygen atoms in total. The molecular weight excluding hydrogens is 392 g/mol. The summed E-state index contributed by atoms with van der Waals surface area (Å²) in [6.07, 6.45) is 8.99. The molecule has 8 heteroatoms. The Morgan fingerprint density at radius 3 is 2.74 bits per heavy atom. The molecule has 4 aromatic rings. The monoisotopic (exact) mass is 420 g/mol. The molecule has 3 aromatic heterocycles. The lowest BCUT2D eigenvalue weighted by molar-refractivity contribution is 0.304. The van der Waals surface area contributed by atoms with E-state index < -0.39 is 0 Å². The number of hydrogen-bond acceptors (Lipinski definition) is 6. The van der Waals surface area contributed by atoms with E-state index in [1.54, 1.807) is 23.7 Å². The third-order valence-corrected chi connectivity index (χ3v) is 5.71. The normalized spacial score (nSPS) is 15.6. The van der Waals surface area contributed by atoms with Crippen LogP contribution in [-0.4, -0.2) is 41.9 Å². The molecule has 1 fully saturated rings. The van der Waals surface area contributed by atoms with Crippen LogP contribution in [-0.2, 0) is 7.05 Å². The van der Waals surface area contributed by atoms with Crippen LogP contribution in [0.5, 0.6) is 5.75 Å². The van der Waals surface area contributed by atoms with E-state index in [-0.39, 0.29) is 11.3 Å². The van der Waals surface area contributed by atoms with Crippen molar-refractivity contribution in [3.05, 3.63) is 46.6 Å². The highest BCUT2D eigenvalue weighted by molar-refractivity contribution is 5.90. The van der Waals surface area contributed by atoms with Crippen LogP contribution in [0.3, 0.4) is 0 Å². The Morgan fingerprint density at radius 1 is 1.26 bits per heavy atom. The quantitative estimate of drug-likeness (QED) is 0.435. The minimum absolute atomic E-state index is 0.0976. The predicted octanol–water partition coefficient (Wildman–Crippen LogP) is 3.42. The SMILES string of the molecule is CC1(C)CCCCN1.Cc1c(O)c(-c2ncc3c(=O)[nH]ccc3n2)cc2cn(C)nc12. The number of H-pyrrole nitrogens is 1. The zero-order valence-electron chi connectivity index (χ0n) is 18.4. The zero-order chi connectivity index (χ0) is 22.2. The Balaban J connectivity index is 0.000000245. The lowest BCUT2D eigenvalue weighted by Gasteiger charge is -2.30. The summed E-state index contributed by atoms with van der Waals surface area (Å²) in [5.74, 6) is 0.467. The Kier molecular flexibility index (Phi) is 5.49. The number of aromatic nitrogens is 5. The van der Waals surface area contributed by atoms with Crippen LogP contribution in [0.1, 0.15) is 38.7 Å². The van der Waals surface area contributed by atoms with E-state index in [0.717, 1.165) is 10.9 Å². The van der Waals surface area contributed by atoms with Gasteiger partial charge in [-0.3, -0.25) is 9.48 Å². The van der Waals surface area contributed by atoms with Crippen molar-refractivity contribution in [1.82, 2.24) is 30.0 Å². The van der Waals surface area contributed by atoms with Gasteiger partial charge in [-0.1, -0.05) is 6.42 Å². The fraction of sp³-hybridized carbons (Fsp3) is 0.391. The first-order chi connectivity index (χ1) is 14.7. The summed E-state index contributed by atoms with van der Waals surface area (Å²) in [5, 5.41) is 19.6. The molecule has 0 spiro atoms. The summed E-state index contributed by atoms with van der Waals surface area (Å²) in [6.45, 7) is 7.56. The molecule has 5 rings (SSSR count). The molecule has 3 N–H and O–H groups in total. The van der Waals surface area contributed by atoms with Crippen molar-refractivity contribution in [2.45, 2.75) is 45.6 Å². The van der Waals surface area contributed by atoms with Crippen LogP contribution < -0.4 is 10.9 Å². The second-order valence-corrected chi connectivity index (χ2v) is 8.71. The van der Waals surface area contributed by atoms with Crippen molar-refractivity contribution in [2.24, 2.45) is 7.05 Å². The smallest absolute Gasteiger partial charge is 0.258 e. The molecule has 4 heterocycles. The number of phenolic OH excluding ortho intramolecular Hbond substituents is 1. The molecule has 0 aliphatic carbocycles. The first-order valence-electron chi connectivity index (χ1n) is 10.5. The first-order valence-corrected chi connectivity index (χ1v) is 10.5. The highest BCUT2D eigenvalue weighted by Crippen LogP contribution is 2.35. The summed E-state index contributed by atoms with van der Waals surface area (Å²) in [5.41, 5.74) is 2.65. The lowest BCUT2D eigenvalue weighted by Crippen LogP contribution is -2.42. The number of aromatic amines is 1. The van der Waals surface area contributed by atoms with Gasteiger partial charge in [-0.15, -0.1) is 0 Å². The van der Waals surface area contributed by atoms with Crippen molar-refractivity contribution in [1.29, 1.82) is 0 Å².